The number of hydrogen-bond donors (Lipinski definition) is 2. The molecule has 2 rings (SSSR count). The fourth-order valence-corrected chi connectivity index (χ4v) is 2.08. The van der Waals surface area contributed by atoms with Gasteiger partial charge in [-0.15, -0.1) is 0 Å². The van der Waals surface area contributed by atoms with Gasteiger partial charge in [0, 0.05) is 10.2 Å². The predicted octanol–water partition coefficient (Wildman–Crippen LogP) is 3.80. The number of nitrogen functional groups attached to an aromatic ring is 1. The third-order valence-corrected chi connectivity index (χ3v) is 3.42. The Hall–Kier alpha value is -1.23. The summed E-state index contributed by atoms with van der Waals surface area (Å²) in [6.07, 6.45) is -0.726. The molecular weight excluding hydrogens is 330 g/mol. The normalized spacial score (nSPS) is 12.2. The van der Waals surface area contributed by atoms with E-state index in [0.717, 1.165) is 10.0 Å². The van der Waals surface area contributed by atoms with Gasteiger partial charge in [0.1, 0.15) is 18.5 Å². The average Bonchev–Trinajstić information content (AvgIpc) is 2.40. The van der Waals surface area contributed by atoms with Crippen LogP contribution >= 0.6 is 27.5 Å². The minimum atomic E-state index is -0.726. The summed E-state index contributed by atoms with van der Waals surface area (Å²) in [5, 5.41) is 10.5. The van der Waals surface area contributed by atoms with Crippen molar-refractivity contribution < 1.29 is 9.84 Å². The van der Waals surface area contributed by atoms with E-state index in [2.05, 4.69) is 15.9 Å². The van der Waals surface area contributed by atoms with Gasteiger partial charge in [0.05, 0.1) is 5.02 Å². The average molecular weight is 343 g/mol. The van der Waals surface area contributed by atoms with Crippen LogP contribution in [0.2, 0.25) is 5.02 Å². The number of halogens is 2. The first-order chi connectivity index (χ1) is 9.06. The summed E-state index contributed by atoms with van der Waals surface area (Å²) in [5.74, 6) is 0.533. The van der Waals surface area contributed by atoms with E-state index in [0.29, 0.717) is 16.5 Å². The van der Waals surface area contributed by atoms with E-state index in [1.54, 1.807) is 36.4 Å². The highest BCUT2D eigenvalue weighted by atomic mass is 79.9. The van der Waals surface area contributed by atoms with Crippen LogP contribution in [0.3, 0.4) is 0 Å². The molecule has 0 radical (unpaired) electrons. The molecule has 19 heavy (non-hydrogen) atoms. The first-order valence-corrected chi connectivity index (χ1v) is 6.84. The number of aliphatic hydroxyl groups excluding tert-OH is 1. The van der Waals surface area contributed by atoms with Crippen molar-refractivity contribution >= 4 is 33.2 Å². The zero-order valence-corrected chi connectivity index (χ0v) is 12.4. The van der Waals surface area contributed by atoms with Crippen LogP contribution in [0, 0.1) is 0 Å². The molecule has 0 fully saturated rings. The number of benzene rings is 2. The lowest BCUT2D eigenvalue weighted by Crippen LogP contribution is -2.10. The van der Waals surface area contributed by atoms with E-state index in [9.17, 15) is 5.11 Å². The summed E-state index contributed by atoms with van der Waals surface area (Å²) < 4.78 is 6.39. The van der Waals surface area contributed by atoms with Gasteiger partial charge < -0.3 is 15.6 Å². The van der Waals surface area contributed by atoms with Gasteiger partial charge in [-0.2, -0.15) is 0 Å². The van der Waals surface area contributed by atoms with Gasteiger partial charge in [-0.3, -0.25) is 0 Å². The van der Waals surface area contributed by atoms with Crippen molar-refractivity contribution in [3.8, 4) is 5.75 Å². The molecule has 0 aliphatic carbocycles. The summed E-state index contributed by atoms with van der Waals surface area (Å²) in [7, 11) is 0. The standard InChI is InChI=1S/C14H13BrClNO2/c15-10-3-6-12(16)14(7-10)19-8-13(18)9-1-4-11(17)5-2-9/h1-7,13,18H,8,17H2. The van der Waals surface area contributed by atoms with Crippen LogP contribution in [0.5, 0.6) is 5.75 Å². The summed E-state index contributed by atoms with van der Waals surface area (Å²) >= 11 is 9.34. The van der Waals surface area contributed by atoms with E-state index in [4.69, 9.17) is 22.1 Å². The lowest BCUT2D eigenvalue weighted by molar-refractivity contribution is 0.108. The highest BCUT2D eigenvalue weighted by Gasteiger charge is 2.10. The molecule has 100 valence electrons. The molecule has 1 unspecified atom stereocenters. The Morgan fingerprint density at radius 2 is 1.89 bits per heavy atom. The number of anilines is 1. The van der Waals surface area contributed by atoms with Crippen LogP contribution in [0.25, 0.3) is 0 Å². The summed E-state index contributed by atoms with van der Waals surface area (Å²) in [6, 6.07) is 12.3. The minimum absolute atomic E-state index is 0.125. The largest absolute Gasteiger partial charge is 0.489 e. The first-order valence-electron chi connectivity index (χ1n) is 5.67. The Morgan fingerprint density at radius 1 is 1.21 bits per heavy atom. The molecule has 0 amide bonds. The smallest absolute Gasteiger partial charge is 0.139 e. The summed E-state index contributed by atoms with van der Waals surface area (Å²) in [5.41, 5.74) is 7.00. The molecule has 5 heteroatoms. The number of hydrogen-bond acceptors (Lipinski definition) is 3. The van der Waals surface area contributed by atoms with Crippen molar-refractivity contribution in [3.63, 3.8) is 0 Å². The van der Waals surface area contributed by atoms with Crippen molar-refractivity contribution in [1.29, 1.82) is 0 Å². The zero-order chi connectivity index (χ0) is 13.8. The predicted molar refractivity (Wildman–Crippen MR) is 80.5 cm³/mol. The van der Waals surface area contributed by atoms with Gasteiger partial charge in [0.25, 0.3) is 0 Å². The second-order valence-corrected chi connectivity index (χ2v) is 5.39. The van der Waals surface area contributed by atoms with Crippen LogP contribution in [0.4, 0.5) is 5.69 Å². The molecule has 0 aliphatic heterocycles. The Labute approximate surface area is 125 Å². The zero-order valence-electron chi connectivity index (χ0n) is 10.0. The second-order valence-electron chi connectivity index (χ2n) is 4.07. The third-order valence-electron chi connectivity index (χ3n) is 2.61. The van der Waals surface area contributed by atoms with Gasteiger partial charge in [0.15, 0.2) is 0 Å². The molecule has 0 bridgehead atoms. The van der Waals surface area contributed by atoms with Gasteiger partial charge in [-0.05, 0) is 35.9 Å². The number of ether oxygens (including phenoxy) is 1. The molecule has 0 saturated heterocycles. The monoisotopic (exact) mass is 341 g/mol. The molecule has 2 aromatic carbocycles. The maximum absolute atomic E-state index is 10.0. The molecule has 0 aliphatic rings. The summed E-state index contributed by atoms with van der Waals surface area (Å²) in [6.45, 7) is 0.125. The Balaban J connectivity index is 2.02. The van der Waals surface area contributed by atoms with Crippen LogP contribution in [-0.2, 0) is 0 Å². The maximum atomic E-state index is 10.0. The SMILES string of the molecule is Nc1ccc(C(O)COc2cc(Br)ccc2Cl)cc1. The van der Waals surface area contributed by atoms with Crippen molar-refractivity contribution in [3.05, 3.63) is 57.5 Å². The molecule has 3 nitrogen and oxygen atoms in total. The van der Waals surface area contributed by atoms with Crippen molar-refractivity contribution in [2.75, 3.05) is 12.3 Å². The summed E-state index contributed by atoms with van der Waals surface area (Å²) in [4.78, 5) is 0. The Bertz CT molecular complexity index is 560. The Morgan fingerprint density at radius 3 is 2.58 bits per heavy atom. The van der Waals surface area contributed by atoms with Crippen molar-refractivity contribution in [2.24, 2.45) is 0 Å². The van der Waals surface area contributed by atoms with Gasteiger partial charge in [-0.25, -0.2) is 0 Å². The van der Waals surface area contributed by atoms with Crippen LogP contribution in [0.1, 0.15) is 11.7 Å². The molecule has 0 saturated carbocycles. The molecule has 0 spiro atoms. The van der Waals surface area contributed by atoms with E-state index in [1.807, 2.05) is 6.07 Å². The van der Waals surface area contributed by atoms with Crippen LogP contribution in [0.15, 0.2) is 46.9 Å². The van der Waals surface area contributed by atoms with E-state index in [-0.39, 0.29) is 6.61 Å². The number of nitrogens with two attached hydrogens (primary N) is 1. The van der Waals surface area contributed by atoms with Gasteiger partial charge in [0.2, 0.25) is 0 Å². The van der Waals surface area contributed by atoms with Gasteiger partial charge in [-0.1, -0.05) is 39.7 Å². The van der Waals surface area contributed by atoms with Crippen LogP contribution in [-0.4, -0.2) is 11.7 Å². The quantitative estimate of drug-likeness (QED) is 0.831. The van der Waals surface area contributed by atoms with Crippen molar-refractivity contribution in [1.82, 2.24) is 0 Å². The lowest BCUT2D eigenvalue weighted by Gasteiger charge is -2.14. The second kappa shape index (κ2) is 6.28. The fourth-order valence-electron chi connectivity index (χ4n) is 1.57. The highest BCUT2D eigenvalue weighted by molar-refractivity contribution is 9.10. The molecule has 2 aromatic rings. The first kappa shape index (κ1) is 14.2. The topological polar surface area (TPSA) is 55.5 Å². The molecule has 1 atom stereocenters. The minimum Gasteiger partial charge on any atom is -0.489 e. The van der Waals surface area contributed by atoms with Crippen LogP contribution < -0.4 is 10.5 Å². The molecular formula is C14H13BrClNO2. The van der Waals surface area contributed by atoms with E-state index >= 15 is 0 Å². The Kier molecular flexibility index (Phi) is 4.69. The van der Waals surface area contributed by atoms with Gasteiger partial charge >= 0.3 is 0 Å². The van der Waals surface area contributed by atoms with E-state index < -0.39 is 6.10 Å². The fraction of sp³-hybridized carbons (Fsp3) is 0.143. The molecule has 3 N–H and O–H groups in total. The molecule has 0 aromatic heterocycles. The maximum Gasteiger partial charge on any atom is 0.139 e. The molecule has 0 heterocycles. The van der Waals surface area contributed by atoms with E-state index in [1.165, 1.54) is 0 Å². The lowest BCUT2D eigenvalue weighted by atomic mass is 10.1. The van der Waals surface area contributed by atoms with Crippen molar-refractivity contribution in [2.45, 2.75) is 6.10 Å². The number of rotatable bonds is 4. The third kappa shape index (κ3) is 3.86. The highest BCUT2D eigenvalue weighted by Crippen LogP contribution is 2.28. The number of aliphatic hydroxyl groups is 1.